The van der Waals surface area contributed by atoms with Crippen LogP contribution in [-0.2, 0) is 4.74 Å². The van der Waals surface area contributed by atoms with E-state index in [1.807, 2.05) is 13.8 Å². The van der Waals surface area contributed by atoms with E-state index in [1.165, 1.54) is 0 Å². The molecule has 0 N–H and O–H groups in total. The first kappa shape index (κ1) is 11.1. The Morgan fingerprint density at radius 3 is 2.58 bits per heavy atom. The zero-order valence-electron chi connectivity index (χ0n) is 7.53. The molecule has 0 spiro atoms. The van der Waals surface area contributed by atoms with Gasteiger partial charge in [0.05, 0.1) is 6.61 Å². The average molecular weight is 173 g/mol. The summed E-state index contributed by atoms with van der Waals surface area (Å²) in [6, 6.07) is 0. The van der Waals surface area contributed by atoms with E-state index in [4.69, 9.17) is 4.74 Å². The van der Waals surface area contributed by atoms with Crippen LogP contribution < -0.4 is 0 Å². The Hall–Kier alpha value is -0.900. The first-order valence-corrected chi connectivity index (χ1v) is 3.92. The van der Waals surface area contributed by atoms with Crippen molar-refractivity contribution in [1.82, 2.24) is 0 Å². The van der Waals surface area contributed by atoms with E-state index in [0.717, 1.165) is 0 Å². The van der Waals surface area contributed by atoms with Gasteiger partial charge in [-0.3, -0.25) is 10.1 Å². The van der Waals surface area contributed by atoms with Gasteiger partial charge in [0.25, 0.3) is 0 Å². The summed E-state index contributed by atoms with van der Waals surface area (Å²) in [5, 5.41) is 10.2. The molecule has 0 aliphatic heterocycles. The van der Waals surface area contributed by atoms with Crippen molar-refractivity contribution in [3.8, 4) is 0 Å². The zero-order chi connectivity index (χ0) is 9.56. The van der Waals surface area contributed by atoms with Gasteiger partial charge in [0.1, 0.15) is 6.10 Å². The molecular formula is C8H15NO3. The molecule has 0 heterocycles. The number of rotatable bonds is 6. The van der Waals surface area contributed by atoms with Crippen LogP contribution in [0.5, 0.6) is 0 Å². The summed E-state index contributed by atoms with van der Waals surface area (Å²) in [5.41, 5.74) is 0. The van der Waals surface area contributed by atoms with Gasteiger partial charge in [-0.2, -0.15) is 0 Å². The van der Waals surface area contributed by atoms with E-state index in [2.05, 4.69) is 6.58 Å². The molecule has 12 heavy (non-hydrogen) atoms. The minimum absolute atomic E-state index is 0.133. The lowest BCUT2D eigenvalue weighted by atomic mass is 10.1. The van der Waals surface area contributed by atoms with Crippen molar-refractivity contribution in [3.05, 3.63) is 22.8 Å². The fraction of sp³-hybridized carbons (Fsp3) is 0.750. The quantitative estimate of drug-likeness (QED) is 0.347. The van der Waals surface area contributed by atoms with Gasteiger partial charge in [0.15, 0.2) is 0 Å². The number of hydrogen-bond donors (Lipinski definition) is 0. The second-order valence-corrected chi connectivity index (χ2v) is 2.92. The third-order valence-corrected chi connectivity index (χ3v) is 1.50. The van der Waals surface area contributed by atoms with Crippen LogP contribution in [0.4, 0.5) is 0 Å². The SMILES string of the molecule is C=CCOC(C[N+](=O)[O-])C(C)C. The summed E-state index contributed by atoms with van der Waals surface area (Å²) >= 11 is 0. The van der Waals surface area contributed by atoms with Gasteiger partial charge in [0, 0.05) is 4.92 Å². The third-order valence-electron chi connectivity index (χ3n) is 1.50. The van der Waals surface area contributed by atoms with Gasteiger partial charge >= 0.3 is 0 Å². The Morgan fingerprint density at radius 1 is 1.67 bits per heavy atom. The smallest absolute Gasteiger partial charge is 0.229 e. The standard InChI is InChI=1S/C8H15NO3/c1-4-5-12-8(7(2)3)6-9(10)11/h4,7-8H,1,5-6H2,2-3H3. The van der Waals surface area contributed by atoms with E-state index in [0.29, 0.717) is 6.61 Å². The van der Waals surface area contributed by atoms with Crippen LogP contribution in [-0.4, -0.2) is 24.2 Å². The highest BCUT2D eigenvalue weighted by molar-refractivity contribution is 4.68. The summed E-state index contributed by atoms with van der Waals surface area (Å²) in [7, 11) is 0. The molecule has 4 nitrogen and oxygen atoms in total. The van der Waals surface area contributed by atoms with E-state index < -0.39 is 0 Å². The molecule has 0 rings (SSSR count). The van der Waals surface area contributed by atoms with E-state index in [-0.39, 0.29) is 23.5 Å². The van der Waals surface area contributed by atoms with Crippen LogP contribution in [0, 0.1) is 16.0 Å². The second kappa shape index (κ2) is 5.71. The van der Waals surface area contributed by atoms with Crippen LogP contribution in [0.1, 0.15) is 13.8 Å². The van der Waals surface area contributed by atoms with Gasteiger partial charge < -0.3 is 4.74 Å². The maximum atomic E-state index is 10.2. The first-order valence-electron chi connectivity index (χ1n) is 3.92. The normalized spacial score (nSPS) is 12.9. The lowest BCUT2D eigenvalue weighted by Crippen LogP contribution is -2.28. The van der Waals surface area contributed by atoms with Gasteiger partial charge in [0.2, 0.25) is 6.54 Å². The number of ether oxygens (including phenoxy) is 1. The molecule has 4 heteroatoms. The van der Waals surface area contributed by atoms with Crippen molar-refractivity contribution >= 4 is 0 Å². The van der Waals surface area contributed by atoms with E-state index >= 15 is 0 Å². The van der Waals surface area contributed by atoms with Crippen molar-refractivity contribution in [2.75, 3.05) is 13.2 Å². The molecule has 0 aromatic rings. The lowest BCUT2D eigenvalue weighted by Gasteiger charge is -2.15. The predicted molar refractivity (Wildman–Crippen MR) is 46.6 cm³/mol. The molecule has 0 fully saturated rings. The summed E-state index contributed by atoms with van der Waals surface area (Å²) in [5.74, 6) is 0.162. The van der Waals surface area contributed by atoms with Gasteiger partial charge in [-0.05, 0) is 5.92 Å². The van der Waals surface area contributed by atoms with Crippen molar-refractivity contribution in [2.45, 2.75) is 20.0 Å². The second-order valence-electron chi connectivity index (χ2n) is 2.92. The van der Waals surface area contributed by atoms with Crippen LogP contribution >= 0.6 is 0 Å². The monoisotopic (exact) mass is 173 g/mol. The maximum Gasteiger partial charge on any atom is 0.229 e. The van der Waals surface area contributed by atoms with Crippen LogP contribution in [0.2, 0.25) is 0 Å². The molecule has 1 unspecified atom stereocenters. The van der Waals surface area contributed by atoms with Crippen molar-refractivity contribution < 1.29 is 9.66 Å². The summed E-state index contributed by atoms with van der Waals surface area (Å²) in [6.45, 7) is 7.51. The van der Waals surface area contributed by atoms with Gasteiger partial charge in [-0.1, -0.05) is 19.9 Å². The number of hydrogen-bond acceptors (Lipinski definition) is 3. The minimum atomic E-state index is -0.353. The average Bonchev–Trinajstić information content (AvgIpc) is 1.96. The van der Waals surface area contributed by atoms with E-state index in [1.54, 1.807) is 6.08 Å². The minimum Gasteiger partial charge on any atom is -0.367 e. The van der Waals surface area contributed by atoms with Crippen molar-refractivity contribution in [2.24, 2.45) is 5.92 Å². The fourth-order valence-corrected chi connectivity index (χ4v) is 0.795. The van der Waals surface area contributed by atoms with Crippen LogP contribution in [0.25, 0.3) is 0 Å². The fourth-order valence-electron chi connectivity index (χ4n) is 0.795. The Bertz CT molecular complexity index is 156. The largest absolute Gasteiger partial charge is 0.367 e. The summed E-state index contributed by atoms with van der Waals surface area (Å²) in [6.07, 6.45) is 1.29. The number of nitrogens with zero attached hydrogens (tertiary/aromatic N) is 1. The molecule has 0 aromatic carbocycles. The molecule has 0 saturated carbocycles. The third kappa shape index (κ3) is 4.85. The Balaban J connectivity index is 3.85. The summed E-state index contributed by atoms with van der Waals surface area (Å²) < 4.78 is 5.20. The highest BCUT2D eigenvalue weighted by atomic mass is 16.6. The topological polar surface area (TPSA) is 52.4 Å². The predicted octanol–water partition coefficient (Wildman–Crippen LogP) is 1.49. The highest BCUT2D eigenvalue weighted by Gasteiger charge is 2.18. The maximum absolute atomic E-state index is 10.2. The van der Waals surface area contributed by atoms with Gasteiger partial charge in [-0.15, -0.1) is 6.58 Å². The molecule has 0 saturated heterocycles. The molecule has 0 aliphatic carbocycles. The molecule has 0 radical (unpaired) electrons. The molecule has 0 aliphatic rings. The molecule has 0 bridgehead atoms. The molecule has 0 amide bonds. The molecular weight excluding hydrogens is 158 g/mol. The Labute approximate surface area is 72.4 Å². The van der Waals surface area contributed by atoms with Crippen LogP contribution in [0.3, 0.4) is 0 Å². The Kier molecular flexibility index (Phi) is 5.28. The molecule has 0 aromatic heterocycles. The molecule has 70 valence electrons. The van der Waals surface area contributed by atoms with Crippen molar-refractivity contribution in [3.63, 3.8) is 0 Å². The Morgan fingerprint density at radius 2 is 2.25 bits per heavy atom. The zero-order valence-corrected chi connectivity index (χ0v) is 7.53. The van der Waals surface area contributed by atoms with Crippen molar-refractivity contribution in [1.29, 1.82) is 0 Å². The highest BCUT2D eigenvalue weighted by Crippen LogP contribution is 2.06. The van der Waals surface area contributed by atoms with Gasteiger partial charge in [-0.25, -0.2) is 0 Å². The van der Waals surface area contributed by atoms with E-state index in [9.17, 15) is 10.1 Å². The summed E-state index contributed by atoms with van der Waals surface area (Å²) in [4.78, 5) is 9.82. The molecule has 1 atom stereocenters. The lowest BCUT2D eigenvalue weighted by molar-refractivity contribution is -0.493. The van der Waals surface area contributed by atoms with Crippen LogP contribution in [0.15, 0.2) is 12.7 Å². The first-order chi connectivity index (χ1) is 5.57. The number of nitro groups is 1.